The van der Waals surface area contributed by atoms with Crippen LogP contribution in [0.15, 0.2) is 84.9 Å². The molecule has 0 bridgehead atoms. The molecule has 4 rings (SSSR count). The maximum atomic E-state index is 13.0. The smallest absolute Gasteiger partial charge is 0.311 e. The van der Waals surface area contributed by atoms with Gasteiger partial charge in [-0.25, -0.2) is 0 Å². The molecule has 30 heavy (non-hydrogen) atoms. The Morgan fingerprint density at radius 2 is 1.33 bits per heavy atom. The fraction of sp³-hybridized carbons (Fsp3) is 0.231. The average molecular weight is 399 g/mol. The number of rotatable bonds is 6. The van der Waals surface area contributed by atoms with Crippen LogP contribution in [-0.4, -0.2) is 29.9 Å². The molecule has 1 atom stereocenters. The molecule has 4 heteroatoms. The normalized spacial score (nSPS) is 14.3. The quantitative estimate of drug-likeness (QED) is 0.559. The van der Waals surface area contributed by atoms with Gasteiger partial charge in [-0.05, 0) is 29.5 Å². The summed E-state index contributed by atoms with van der Waals surface area (Å²) in [5, 5.41) is 0. The van der Waals surface area contributed by atoms with Gasteiger partial charge in [-0.2, -0.15) is 0 Å². The standard InChI is InChI=1S/C26H25NO3/c28-24(19-20-13-15-22(16-14-20)21-9-3-1-4-10-21)30-25(23-11-5-2-6-12-23)26(29)27-17-7-8-18-27/h1-6,9-16,25H,7-8,17-19H2/t25-/m1/s1. The third-order valence-corrected chi connectivity index (χ3v) is 5.40. The lowest BCUT2D eigenvalue weighted by Crippen LogP contribution is -2.35. The van der Waals surface area contributed by atoms with Gasteiger partial charge in [-0.3, -0.25) is 9.59 Å². The second kappa shape index (κ2) is 9.40. The summed E-state index contributed by atoms with van der Waals surface area (Å²) in [6.45, 7) is 1.45. The SMILES string of the molecule is O=C(Cc1ccc(-c2ccccc2)cc1)O[C@@H](C(=O)N1CCCC1)c1ccccc1. The van der Waals surface area contributed by atoms with Gasteiger partial charge in [-0.15, -0.1) is 0 Å². The van der Waals surface area contributed by atoms with E-state index in [1.807, 2.05) is 72.8 Å². The van der Waals surface area contributed by atoms with Crippen molar-refractivity contribution in [3.8, 4) is 11.1 Å². The van der Waals surface area contributed by atoms with E-state index in [-0.39, 0.29) is 12.3 Å². The number of ether oxygens (including phenoxy) is 1. The Labute approximate surface area is 177 Å². The Balaban J connectivity index is 1.45. The number of hydrogen-bond acceptors (Lipinski definition) is 3. The van der Waals surface area contributed by atoms with E-state index < -0.39 is 12.1 Å². The van der Waals surface area contributed by atoms with E-state index in [9.17, 15) is 9.59 Å². The number of carbonyl (C=O) groups is 2. The maximum absolute atomic E-state index is 13.0. The minimum Gasteiger partial charge on any atom is -0.447 e. The van der Waals surface area contributed by atoms with Crippen molar-refractivity contribution in [2.75, 3.05) is 13.1 Å². The highest BCUT2D eigenvalue weighted by molar-refractivity contribution is 5.85. The fourth-order valence-electron chi connectivity index (χ4n) is 3.78. The van der Waals surface area contributed by atoms with Gasteiger partial charge in [-0.1, -0.05) is 84.9 Å². The third kappa shape index (κ3) is 4.77. The second-order valence-corrected chi connectivity index (χ2v) is 7.55. The zero-order valence-corrected chi connectivity index (χ0v) is 16.9. The van der Waals surface area contributed by atoms with Crippen LogP contribution in [0.4, 0.5) is 0 Å². The first kappa shape index (κ1) is 19.9. The lowest BCUT2D eigenvalue weighted by atomic mass is 10.0. The van der Waals surface area contributed by atoms with Crippen LogP contribution in [0.5, 0.6) is 0 Å². The van der Waals surface area contributed by atoms with Gasteiger partial charge in [0.15, 0.2) is 0 Å². The number of likely N-dealkylation sites (tertiary alicyclic amines) is 1. The topological polar surface area (TPSA) is 46.6 Å². The third-order valence-electron chi connectivity index (χ3n) is 5.40. The Kier molecular flexibility index (Phi) is 6.23. The molecule has 0 radical (unpaired) electrons. The van der Waals surface area contributed by atoms with Crippen molar-refractivity contribution in [1.29, 1.82) is 0 Å². The number of hydrogen-bond donors (Lipinski definition) is 0. The molecule has 1 heterocycles. The summed E-state index contributed by atoms with van der Waals surface area (Å²) in [6, 6.07) is 27.2. The van der Waals surface area contributed by atoms with Gasteiger partial charge in [0.1, 0.15) is 0 Å². The van der Waals surface area contributed by atoms with Crippen molar-refractivity contribution in [2.45, 2.75) is 25.4 Å². The Hall–Kier alpha value is -3.40. The fourth-order valence-corrected chi connectivity index (χ4v) is 3.78. The Morgan fingerprint density at radius 3 is 1.97 bits per heavy atom. The van der Waals surface area contributed by atoms with Crippen LogP contribution in [0.25, 0.3) is 11.1 Å². The van der Waals surface area contributed by atoms with Gasteiger partial charge in [0, 0.05) is 18.7 Å². The van der Waals surface area contributed by atoms with E-state index in [0.717, 1.165) is 42.6 Å². The Morgan fingerprint density at radius 1 is 0.767 bits per heavy atom. The molecule has 0 spiro atoms. The largest absolute Gasteiger partial charge is 0.447 e. The van der Waals surface area contributed by atoms with Gasteiger partial charge in [0.2, 0.25) is 6.10 Å². The molecule has 0 aromatic heterocycles. The van der Waals surface area contributed by atoms with E-state index >= 15 is 0 Å². The summed E-state index contributed by atoms with van der Waals surface area (Å²) in [6.07, 6.45) is 1.23. The van der Waals surface area contributed by atoms with E-state index in [4.69, 9.17) is 4.74 Å². The number of amides is 1. The summed E-state index contributed by atoms with van der Waals surface area (Å²) in [5.41, 5.74) is 3.80. The summed E-state index contributed by atoms with van der Waals surface area (Å²) in [4.78, 5) is 27.5. The lowest BCUT2D eigenvalue weighted by Gasteiger charge is -2.23. The van der Waals surface area contributed by atoms with Gasteiger partial charge < -0.3 is 9.64 Å². The van der Waals surface area contributed by atoms with Gasteiger partial charge >= 0.3 is 5.97 Å². The van der Waals surface area contributed by atoms with E-state index in [0.29, 0.717) is 5.56 Å². The number of esters is 1. The van der Waals surface area contributed by atoms with Crippen molar-refractivity contribution in [2.24, 2.45) is 0 Å². The second-order valence-electron chi connectivity index (χ2n) is 7.55. The first-order valence-corrected chi connectivity index (χ1v) is 10.4. The maximum Gasteiger partial charge on any atom is 0.311 e. The predicted molar refractivity (Wildman–Crippen MR) is 117 cm³/mol. The van der Waals surface area contributed by atoms with Crippen LogP contribution in [0.1, 0.15) is 30.1 Å². The lowest BCUT2D eigenvalue weighted by molar-refractivity contribution is -0.160. The minimum absolute atomic E-state index is 0.131. The first-order chi connectivity index (χ1) is 14.7. The molecule has 0 aliphatic carbocycles. The van der Waals surface area contributed by atoms with Crippen molar-refractivity contribution < 1.29 is 14.3 Å². The highest BCUT2D eigenvalue weighted by Crippen LogP contribution is 2.24. The molecule has 0 unspecified atom stereocenters. The summed E-state index contributed by atoms with van der Waals surface area (Å²) >= 11 is 0. The molecule has 0 N–H and O–H groups in total. The highest BCUT2D eigenvalue weighted by atomic mass is 16.5. The number of nitrogens with zero attached hydrogens (tertiary/aromatic N) is 1. The molecular weight excluding hydrogens is 374 g/mol. The van der Waals surface area contributed by atoms with Crippen molar-refractivity contribution in [3.63, 3.8) is 0 Å². The van der Waals surface area contributed by atoms with Crippen LogP contribution in [0.2, 0.25) is 0 Å². The van der Waals surface area contributed by atoms with Crippen LogP contribution < -0.4 is 0 Å². The number of carbonyl (C=O) groups excluding carboxylic acids is 2. The first-order valence-electron chi connectivity index (χ1n) is 10.4. The van der Waals surface area contributed by atoms with Crippen LogP contribution in [0.3, 0.4) is 0 Å². The molecule has 3 aromatic carbocycles. The molecule has 1 amide bonds. The minimum atomic E-state index is -0.889. The molecule has 0 saturated carbocycles. The van der Waals surface area contributed by atoms with E-state index in [1.165, 1.54) is 0 Å². The van der Waals surface area contributed by atoms with Crippen molar-refractivity contribution in [1.82, 2.24) is 4.90 Å². The van der Waals surface area contributed by atoms with Crippen molar-refractivity contribution >= 4 is 11.9 Å². The van der Waals surface area contributed by atoms with E-state index in [2.05, 4.69) is 12.1 Å². The van der Waals surface area contributed by atoms with Crippen molar-refractivity contribution in [3.05, 3.63) is 96.1 Å². The predicted octanol–water partition coefficient (Wildman–Crippen LogP) is 4.80. The molecule has 1 aliphatic heterocycles. The Bertz CT molecular complexity index is 978. The molecular formula is C26H25NO3. The van der Waals surface area contributed by atoms with Crippen LogP contribution in [-0.2, 0) is 20.7 Å². The molecule has 152 valence electrons. The number of benzene rings is 3. The zero-order chi connectivity index (χ0) is 20.8. The molecule has 4 nitrogen and oxygen atoms in total. The monoisotopic (exact) mass is 399 g/mol. The highest BCUT2D eigenvalue weighted by Gasteiger charge is 2.30. The van der Waals surface area contributed by atoms with Gasteiger partial charge in [0.25, 0.3) is 5.91 Å². The summed E-state index contributed by atoms with van der Waals surface area (Å²) in [7, 11) is 0. The molecule has 3 aromatic rings. The average Bonchev–Trinajstić information content (AvgIpc) is 3.34. The van der Waals surface area contributed by atoms with Crippen LogP contribution >= 0.6 is 0 Å². The summed E-state index contributed by atoms with van der Waals surface area (Å²) in [5.74, 6) is -0.532. The van der Waals surface area contributed by atoms with Gasteiger partial charge in [0.05, 0.1) is 6.42 Å². The van der Waals surface area contributed by atoms with Crippen LogP contribution in [0, 0.1) is 0 Å². The van der Waals surface area contributed by atoms with E-state index in [1.54, 1.807) is 4.90 Å². The zero-order valence-electron chi connectivity index (χ0n) is 16.9. The summed E-state index contributed by atoms with van der Waals surface area (Å²) < 4.78 is 5.70. The molecule has 1 saturated heterocycles. The molecule has 1 aliphatic rings. The molecule has 1 fully saturated rings.